The lowest BCUT2D eigenvalue weighted by atomic mass is 9.98. The number of fused-ring (bicyclic) bond motifs is 2. The molecule has 3 rings (SSSR count). The maximum Gasteiger partial charge on any atom is 0.0178 e. The third kappa shape index (κ3) is 0.960. The Balaban J connectivity index is 2.13. The fraction of sp³-hybridized carbons (Fsp3) is 0.455. The first kappa shape index (κ1) is 8.01. The molecule has 2 heteroatoms. The van der Waals surface area contributed by atoms with Gasteiger partial charge in [0.2, 0.25) is 0 Å². The molecule has 1 saturated carbocycles. The molecule has 0 unspecified atom stereocenters. The SMILES string of the molecule is N[C@H]1C[C@@]12CCc1cc(Br)ccc12. The zero-order valence-corrected chi connectivity index (χ0v) is 8.97. The average molecular weight is 238 g/mol. The summed E-state index contributed by atoms with van der Waals surface area (Å²) in [6, 6.07) is 7.06. The van der Waals surface area contributed by atoms with Gasteiger partial charge in [0.15, 0.2) is 0 Å². The first-order valence-electron chi connectivity index (χ1n) is 4.77. The van der Waals surface area contributed by atoms with E-state index in [0.29, 0.717) is 11.5 Å². The Hall–Kier alpha value is -0.340. The lowest BCUT2D eigenvalue weighted by Crippen LogP contribution is -2.14. The van der Waals surface area contributed by atoms with Gasteiger partial charge >= 0.3 is 0 Å². The van der Waals surface area contributed by atoms with Crippen LogP contribution in [0.25, 0.3) is 0 Å². The number of benzene rings is 1. The molecule has 1 spiro atoms. The van der Waals surface area contributed by atoms with Gasteiger partial charge in [-0.05, 0) is 42.5 Å². The van der Waals surface area contributed by atoms with Crippen LogP contribution in [0.1, 0.15) is 24.0 Å². The summed E-state index contributed by atoms with van der Waals surface area (Å²) in [6.45, 7) is 0. The van der Waals surface area contributed by atoms with Crippen molar-refractivity contribution in [3.63, 3.8) is 0 Å². The van der Waals surface area contributed by atoms with Crippen LogP contribution in [0.3, 0.4) is 0 Å². The second kappa shape index (κ2) is 2.37. The van der Waals surface area contributed by atoms with Crippen molar-refractivity contribution in [3.05, 3.63) is 33.8 Å². The van der Waals surface area contributed by atoms with E-state index in [0.717, 1.165) is 0 Å². The van der Waals surface area contributed by atoms with Gasteiger partial charge in [-0.25, -0.2) is 0 Å². The summed E-state index contributed by atoms with van der Waals surface area (Å²) in [5.74, 6) is 0. The van der Waals surface area contributed by atoms with Crippen molar-refractivity contribution in [3.8, 4) is 0 Å². The number of halogens is 1. The summed E-state index contributed by atoms with van der Waals surface area (Å²) < 4.78 is 1.19. The van der Waals surface area contributed by atoms with Crippen LogP contribution >= 0.6 is 15.9 Å². The van der Waals surface area contributed by atoms with E-state index >= 15 is 0 Å². The molecular formula is C11H12BrN. The fourth-order valence-electron chi connectivity index (χ4n) is 2.68. The molecule has 1 aromatic carbocycles. The zero-order valence-electron chi connectivity index (χ0n) is 7.39. The monoisotopic (exact) mass is 237 g/mol. The molecule has 2 N–H and O–H groups in total. The summed E-state index contributed by atoms with van der Waals surface area (Å²) in [5.41, 5.74) is 9.41. The minimum absolute atomic E-state index is 0.385. The van der Waals surface area contributed by atoms with Crippen molar-refractivity contribution in [1.29, 1.82) is 0 Å². The average Bonchev–Trinajstić information content (AvgIpc) is 2.59. The third-order valence-electron chi connectivity index (χ3n) is 3.58. The summed E-state index contributed by atoms with van der Waals surface area (Å²) in [5, 5.41) is 0. The van der Waals surface area contributed by atoms with Gasteiger partial charge in [0.25, 0.3) is 0 Å². The van der Waals surface area contributed by atoms with E-state index in [-0.39, 0.29) is 0 Å². The summed E-state index contributed by atoms with van der Waals surface area (Å²) in [6.07, 6.45) is 3.67. The first-order valence-corrected chi connectivity index (χ1v) is 5.56. The maximum absolute atomic E-state index is 6.00. The summed E-state index contributed by atoms with van der Waals surface area (Å²) in [7, 11) is 0. The summed E-state index contributed by atoms with van der Waals surface area (Å²) >= 11 is 3.51. The molecule has 1 fully saturated rings. The van der Waals surface area contributed by atoms with Crippen molar-refractivity contribution < 1.29 is 0 Å². The van der Waals surface area contributed by atoms with Crippen LogP contribution in [-0.4, -0.2) is 6.04 Å². The number of rotatable bonds is 0. The van der Waals surface area contributed by atoms with Gasteiger partial charge in [0.1, 0.15) is 0 Å². The topological polar surface area (TPSA) is 26.0 Å². The van der Waals surface area contributed by atoms with E-state index < -0.39 is 0 Å². The molecule has 13 heavy (non-hydrogen) atoms. The molecule has 2 atom stereocenters. The molecule has 0 heterocycles. The van der Waals surface area contributed by atoms with E-state index in [1.54, 1.807) is 0 Å². The second-order valence-corrected chi connectivity index (χ2v) is 5.18. The Kier molecular flexibility index (Phi) is 1.46. The predicted molar refractivity (Wildman–Crippen MR) is 56.7 cm³/mol. The van der Waals surface area contributed by atoms with Crippen LogP contribution < -0.4 is 5.73 Å². The van der Waals surface area contributed by atoms with Gasteiger partial charge in [-0.1, -0.05) is 22.0 Å². The third-order valence-corrected chi connectivity index (χ3v) is 4.07. The highest BCUT2D eigenvalue weighted by Crippen LogP contribution is 2.55. The van der Waals surface area contributed by atoms with E-state index in [2.05, 4.69) is 34.1 Å². The highest BCUT2D eigenvalue weighted by molar-refractivity contribution is 9.10. The Morgan fingerprint density at radius 1 is 1.46 bits per heavy atom. The van der Waals surface area contributed by atoms with Crippen LogP contribution in [0, 0.1) is 0 Å². The summed E-state index contributed by atoms with van der Waals surface area (Å²) in [4.78, 5) is 0. The Morgan fingerprint density at radius 3 is 2.92 bits per heavy atom. The van der Waals surface area contributed by atoms with E-state index in [1.807, 2.05) is 0 Å². The van der Waals surface area contributed by atoms with Crippen LogP contribution in [0.4, 0.5) is 0 Å². The van der Waals surface area contributed by atoms with Crippen LogP contribution in [-0.2, 0) is 11.8 Å². The molecule has 2 aliphatic rings. The Labute approximate surface area is 86.5 Å². The predicted octanol–water partition coefficient (Wildman–Crippen LogP) is 2.36. The van der Waals surface area contributed by atoms with Crippen LogP contribution in [0.2, 0.25) is 0 Å². The van der Waals surface area contributed by atoms with Gasteiger partial charge in [0.05, 0.1) is 0 Å². The van der Waals surface area contributed by atoms with Crippen molar-refractivity contribution >= 4 is 15.9 Å². The maximum atomic E-state index is 6.00. The lowest BCUT2D eigenvalue weighted by Gasteiger charge is -2.08. The molecule has 0 bridgehead atoms. The molecule has 0 saturated heterocycles. The van der Waals surface area contributed by atoms with Gasteiger partial charge in [0, 0.05) is 15.9 Å². The van der Waals surface area contributed by atoms with E-state index in [4.69, 9.17) is 5.73 Å². The molecule has 0 radical (unpaired) electrons. The highest BCUT2D eigenvalue weighted by atomic mass is 79.9. The van der Waals surface area contributed by atoms with Crippen molar-refractivity contribution in [1.82, 2.24) is 0 Å². The molecule has 68 valence electrons. The molecular weight excluding hydrogens is 226 g/mol. The van der Waals surface area contributed by atoms with Crippen LogP contribution in [0.5, 0.6) is 0 Å². The number of nitrogens with two attached hydrogens (primary N) is 1. The lowest BCUT2D eigenvalue weighted by molar-refractivity contribution is 0.651. The Morgan fingerprint density at radius 2 is 2.23 bits per heavy atom. The normalized spacial score (nSPS) is 35.1. The van der Waals surface area contributed by atoms with Crippen molar-refractivity contribution in [2.24, 2.45) is 5.73 Å². The molecule has 2 aliphatic carbocycles. The quantitative estimate of drug-likeness (QED) is 0.737. The van der Waals surface area contributed by atoms with Gasteiger partial charge < -0.3 is 5.73 Å². The van der Waals surface area contributed by atoms with Gasteiger partial charge in [-0.3, -0.25) is 0 Å². The molecule has 0 aliphatic heterocycles. The fourth-order valence-corrected chi connectivity index (χ4v) is 3.09. The van der Waals surface area contributed by atoms with Crippen LogP contribution in [0.15, 0.2) is 22.7 Å². The molecule has 0 amide bonds. The van der Waals surface area contributed by atoms with Gasteiger partial charge in [-0.15, -0.1) is 0 Å². The van der Waals surface area contributed by atoms with E-state index in [1.165, 1.54) is 34.9 Å². The number of hydrogen-bond donors (Lipinski definition) is 1. The zero-order chi connectivity index (χ0) is 9.05. The Bertz CT molecular complexity index is 374. The van der Waals surface area contributed by atoms with E-state index in [9.17, 15) is 0 Å². The highest BCUT2D eigenvalue weighted by Gasteiger charge is 2.55. The smallest absolute Gasteiger partial charge is 0.0178 e. The largest absolute Gasteiger partial charge is 0.327 e. The van der Waals surface area contributed by atoms with Crippen molar-refractivity contribution in [2.75, 3.05) is 0 Å². The molecule has 1 nitrogen and oxygen atoms in total. The standard InChI is InChI=1S/C11H12BrN/c12-8-1-2-9-7(5-8)3-4-11(9)6-10(11)13/h1-2,5,10H,3-4,6,13H2/t10-,11+/m0/s1. The minimum atomic E-state index is 0.385. The number of aryl methyl sites for hydroxylation is 1. The second-order valence-electron chi connectivity index (χ2n) is 4.27. The van der Waals surface area contributed by atoms with Crippen molar-refractivity contribution in [2.45, 2.75) is 30.7 Å². The molecule has 1 aromatic rings. The number of hydrogen-bond acceptors (Lipinski definition) is 1. The minimum Gasteiger partial charge on any atom is -0.327 e. The first-order chi connectivity index (χ1) is 6.22. The molecule has 0 aromatic heterocycles. The van der Waals surface area contributed by atoms with Gasteiger partial charge in [-0.2, -0.15) is 0 Å².